The lowest BCUT2D eigenvalue weighted by molar-refractivity contribution is 0.743. The molecule has 0 unspecified atom stereocenters. The summed E-state index contributed by atoms with van der Waals surface area (Å²) in [6.07, 6.45) is 0. The van der Waals surface area contributed by atoms with Gasteiger partial charge in [0.25, 0.3) is 0 Å². The van der Waals surface area contributed by atoms with Gasteiger partial charge in [-0.2, -0.15) is 5.10 Å². The normalized spacial score (nSPS) is 10.6. The van der Waals surface area contributed by atoms with Crippen molar-refractivity contribution in [1.82, 2.24) is 9.78 Å². The third-order valence-corrected chi connectivity index (χ3v) is 2.83. The van der Waals surface area contributed by atoms with Crippen LogP contribution in [0, 0.1) is 6.92 Å². The zero-order chi connectivity index (χ0) is 10.8. The maximum atomic E-state index is 5.73. The van der Waals surface area contributed by atoms with Gasteiger partial charge in [-0.1, -0.05) is 24.3 Å². The van der Waals surface area contributed by atoms with E-state index in [9.17, 15) is 0 Å². The number of hydrogen-bond donors (Lipinski definition) is 0. The first-order valence-corrected chi connectivity index (χ1v) is 5.40. The monoisotopic (exact) mass is 220 g/mol. The number of nitrogens with zero attached hydrogens (tertiary/aromatic N) is 2. The van der Waals surface area contributed by atoms with E-state index in [2.05, 4.69) is 23.3 Å². The number of hydrogen-bond acceptors (Lipinski definition) is 1. The molecule has 78 valence electrons. The largest absolute Gasteiger partial charge is 0.272 e. The molecule has 0 aliphatic heterocycles. The van der Waals surface area contributed by atoms with Gasteiger partial charge in [0.15, 0.2) is 0 Å². The summed E-state index contributed by atoms with van der Waals surface area (Å²) in [7, 11) is 1.95. The maximum absolute atomic E-state index is 5.73. The molecule has 0 spiro atoms. The minimum absolute atomic E-state index is 0.557. The first-order chi connectivity index (χ1) is 7.20. The van der Waals surface area contributed by atoms with Gasteiger partial charge in [-0.15, -0.1) is 11.6 Å². The number of aromatic nitrogens is 2. The van der Waals surface area contributed by atoms with Gasteiger partial charge in [-0.25, -0.2) is 0 Å². The quantitative estimate of drug-likeness (QED) is 0.711. The topological polar surface area (TPSA) is 17.8 Å². The number of halogens is 1. The SMILES string of the molecule is Cc1cc(-c2ccc(CCl)cc2)nn1C. The van der Waals surface area contributed by atoms with Gasteiger partial charge in [0, 0.05) is 24.2 Å². The lowest BCUT2D eigenvalue weighted by Gasteiger charge is -1.98. The predicted octanol–water partition coefficient (Wildman–Crippen LogP) is 3.13. The lowest BCUT2D eigenvalue weighted by atomic mass is 10.1. The van der Waals surface area contributed by atoms with Crippen molar-refractivity contribution in [3.8, 4) is 11.3 Å². The highest BCUT2D eigenvalue weighted by atomic mass is 35.5. The van der Waals surface area contributed by atoms with Crippen molar-refractivity contribution >= 4 is 11.6 Å². The van der Waals surface area contributed by atoms with Crippen molar-refractivity contribution in [1.29, 1.82) is 0 Å². The molecule has 0 atom stereocenters. The molecule has 0 amide bonds. The van der Waals surface area contributed by atoms with Crippen LogP contribution in [0.25, 0.3) is 11.3 Å². The van der Waals surface area contributed by atoms with Gasteiger partial charge in [0.05, 0.1) is 5.69 Å². The van der Waals surface area contributed by atoms with Gasteiger partial charge in [-0.3, -0.25) is 4.68 Å². The second-order valence-corrected chi connectivity index (χ2v) is 3.89. The van der Waals surface area contributed by atoms with Crippen LogP contribution in [-0.2, 0) is 12.9 Å². The number of alkyl halides is 1. The number of rotatable bonds is 2. The predicted molar refractivity (Wildman–Crippen MR) is 62.9 cm³/mol. The van der Waals surface area contributed by atoms with E-state index in [0.717, 1.165) is 22.5 Å². The summed E-state index contributed by atoms with van der Waals surface area (Å²) < 4.78 is 1.88. The van der Waals surface area contributed by atoms with Crippen molar-refractivity contribution in [3.05, 3.63) is 41.6 Å². The van der Waals surface area contributed by atoms with E-state index >= 15 is 0 Å². The summed E-state index contributed by atoms with van der Waals surface area (Å²) in [4.78, 5) is 0. The van der Waals surface area contributed by atoms with E-state index in [1.165, 1.54) is 0 Å². The van der Waals surface area contributed by atoms with E-state index in [4.69, 9.17) is 11.6 Å². The lowest BCUT2D eigenvalue weighted by Crippen LogP contribution is -1.92. The van der Waals surface area contributed by atoms with Crippen LogP contribution in [0.2, 0.25) is 0 Å². The summed E-state index contributed by atoms with van der Waals surface area (Å²) in [5.41, 5.74) is 4.43. The molecular weight excluding hydrogens is 208 g/mol. The first-order valence-electron chi connectivity index (χ1n) is 4.86. The molecule has 2 aromatic rings. The van der Waals surface area contributed by atoms with Crippen LogP contribution < -0.4 is 0 Å². The van der Waals surface area contributed by atoms with Crippen LogP contribution in [-0.4, -0.2) is 9.78 Å². The molecule has 2 nitrogen and oxygen atoms in total. The highest BCUT2D eigenvalue weighted by Crippen LogP contribution is 2.19. The molecule has 0 bridgehead atoms. The number of benzene rings is 1. The molecule has 0 N–H and O–H groups in total. The Kier molecular flexibility index (Phi) is 2.78. The standard InChI is InChI=1S/C12H13ClN2/c1-9-7-12(14-15(9)2)11-5-3-10(8-13)4-6-11/h3-7H,8H2,1-2H3. The van der Waals surface area contributed by atoms with Gasteiger partial charge < -0.3 is 0 Å². The molecule has 2 rings (SSSR count). The maximum Gasteiger partial charge on any atom is 0.0925 e. The van der Waals surface area contributed by atoms with E-state index in [1.54, 1.807) is 0 Å². The third kappa shape index (κ3) is 2.05. The van der Waals surface area contributed by atoms with Gasteiger partial charge in [0.2, 0.25) is 0 Å². The van der Waals surface area contributed by atoms with Crippen molar-refractivity contribution in [3.63, 3.8) is 0 Å². The Hall–Kier alpha value is -1.28. The first kappa shape index (κ1) is 10.2. The fourth-order valence-corrected chi connectivity index (χ4v) is 1.64. The Bertz CT molecular complexity index is 437. The van der Waals surface area contributed by atoms with Crippen molar-refractivity contribution in [2.24, 2.45) is 7.05 Å². The molecule has 0 fully saturated rings. The second-order valence-electron chi connectivity index (χ2n) is 3.63. The molecule has 0 aliphatic carbocycles. The summed E-state index contributed by atoms with van der Waals surface area (Å²) >= 11 is 5.73. The molecule has 0 radical (unpaired) electrons. The van der Waals surface area contributed by atoms with E-state index < -0.39 is 0 Å². The fourth-order valence-electron chi connectivity index (χ4n) is 1.47. The van der Waals surface area contributed by atoms with Crippen LogP contribution in [0.3, 0.4) is 0 Å². The molecule has 1 aromatic carbocycles. The highest BCUT2D eigenvalue weighted by Gasteiger charge is 2.03. The molecule has 0 aliphatic rings. The Balaban J connectivity index is 2.37. The molecule has 1 aromatic heterocycles. The number of aryl methyl sites for hydroxylation is 2. The van der Waals surface area contributed by atoms with Crippen LogP contribution in [0.5, 0.6) is 0 Å². The zero-order valence-corrected chi connectivity index (χ0v) is 9.62. The highest BCUT2D eigenvalue weighted by molar-refractivity contribution is 6.17. The molecule has 0 saturated carbocycles. The van der Waals surface area contributed by atoms with Crippen LogP contribution in [0.15, 0.2) is 30.3 Å². The van der Waals surface area contributed by atoms with Gasteiger partial charge >= 0.3 is 0 Å². The smallest absolute Gasteiger partial charge is 0.0925 e. The molecule has 3 heteroatoms. The fraction of sp³-hybridized carbons (Fsp3) is 0.250. The van der Waals surface area contributed by atoms with Crippen molar-refractivity contribution < 1.29 is 0 Å². The average molecular weight is 221 g/mol. The Morgan fingerprint density at radius 3 is 2.40 bits per heavy atom. The Morgan fingerprint density at radius 1 is 1.27 bits per heavy atom. The van der Waals surface area contributed by atoms with Crippen LogP contribution in [0.1, 0.15) is 11.3 Å². The second kappa shape index (κ2) is 4.07. The van der Waals surface area contributed by atoms with Crippen molar-refractivity contribution in [2.75, 3.05) is 0 Å². The minimum atomic E-state index is 0.557. The molecule has 0 saturated heterocycles. The van der Waals surface area contributed by atoms with Crippen LogP contribution in [0.4, 0.5) is 0 Å². The molecule has 15 heavy (non-hydrogen) atoms. The average Bonchev–Trinajstić information content (AvgIpc) is 2.59. The minimum Gasteiger partial charge on any atom is -0.272 e. The van der Waals surface area contributed by atoms with E-state index in [1.807, 2.05) is 30.8 Å². The Labute approximate surface area is 94.5 Å². The molecular formula is C12H13ClN2. The molecule has 1 heterocycles. The van der Waals surface area contributed by atoms with Gasteiger partial charge in [0.1, 0.15) is 0 Å². The van der Waals surface area contributed by atoms with Gasteiger partial charge in [-0.05, 0) is 18.6 Å². The Morgan fingerprint density at radius 2 is 1.93 bits per heavy atom. The summed E-state index contributed by atoms with van der Waals surface area (Å²) in [5.74, 6) is 0.557. The summed E-state index contributed by atoms with van der Waals surface area (Å²) in [6, 6.07) is 10.3. The van der Waals surface area contributed by atoms with E-state index in [0.29, 0.717) is 5.88 Å². The van der Waals surface area contributed by atoms with E-state index in [-0.39, 0.29) is 0 Å². The third-order valence-electron chi connectivity index (χ3n) is 2.52. The van der Waals surface area contributed by atoms with Crippen LogP contribution >= 0.6 is 11.6 Å². The summed E-state index contributed by atoms with van der Waals surface area (Å²) in [6.45, 7) is 2.05. The summed E-state index contributed by atoms with van der Waals surface area (Å²) in [5, 5.41) is 4.42. The van der Waals surface area contributed by atoms with Crippen molar-refractivity contribution in [2.45, 2.75) is 12.8 Å². The zero-order valence-electron chi connectivity index (χ0n) is 8.87.